The van der Waals surface area contributed by atoms with Gasteiger partial charge in [0.25, 0.3) is 0 Å². The van der Waals surface area contributed by atoms with Crippen molar-refractivity contribution in [2.75, 3.05) is 5.32 Å². The molecule has 1 unspecified atom stereocenters. The van der Waals surface area contributed by atoms with Crippen molar-refractivity contribution in [2.45, 2.75) is 19.5 Å². The van der Waals surface area contributed by atoms with E-state index < -0.39 is 4.92 Å². The molecule has 0 fully saturated rings. The molecular formula is C9H11N5O2S. The van der Waals surface area contributed by atoms with Crippen molar-refractivity contribution in [3.8, 4) is 0 Å². The van der Waals surface area contributed by atoms with Crippen LogP contribution in [0.3, 0.4) is 0 Å². The SMILES string of the molecule is CC(Cn1ccnc1)Nc1ncc([N+](=O)[O-])s1. The van der Waals surface area contributed by atoms with Crippen molar-refractivity contribution in [3.63, 3.8) is 0 Å². The Hall–Kier alpha value is -1.96. The Morgan fingerprint density at radius 2 is 2.53 bits per heavy atom. The van der Waals surface area contributed by atoms with Crippen molar-refractivity contribution in [1.82, 2.24) is 14.5 Å². The van der Waals surface area contributed by atoms with Gasteiger partial charge in [-0.3, -0.25) is 10.1 Å². The topological polar surface area (TPSA) is 85.9 Å². The van der Waals surface area contributed by atoms with Crippen molar-refractivity contribution >= 4 is 21.5 Å². The summed E-state index contributed by atoms with van der Waals surface area (Å²) in [5.74, 6) is 0. The summed E-state index contributed by atoms with van der Waals surface area (Å²) in [5.41, 5.74) is 0. The predicted molar refractivity (Wildman–Crippen MR) is 64.1 cm³/mol. The molecule has 0 saturated heterocycles. The fourth-order valence-electron chi connectivity index (χ4n) is 1.38. The number of rotatable bonds is 5. The molecule has 0 spiro atoms. The van der Waals surface area contributed by atoms with Gasteiger partial charge in [-0.1, -0.05) is 0 Å². The van der Waals surface area contributed by atoms with E-state index in [2.05, 4.69) is 15.3 Å². The number of hydrogen-bond donors (Lipinski definition) is 1. The smallest absolute Gasteiger partial charge is 0.345 e. The molecule has 1 atom stereocenters. The minimum absolute atomic E-state index is 0.0438. The summed E-state index contributed by atoms with van der Waals surface area (Å²) in [4.78, 5) is 17.9. The Morgan fingerprint density at radius 3 is 3.12 bits per heavy atom. The zero-order chi connectivity index (χ0) is 12.3. The zero-order valence-corrected chi connectivity index (χ0v) is 9.92. The highest BCUT2D eigenvalue weighted by atomic mass is 32.1. The van der Waals surface area contributed by atoms with Crippen LogP contribution in [0.1, 0.15) is 6.92 Å². The standard InChI is InChI=1S/C9H11N5O2S/c1-7(5-13-3-2-10-6-13)12-9-11-4-8(17-9)14(15)16/h2-4,6-7H,5H2,1H3,(H,11,12). The first-order chi connectivity index (χ1) is 8.15. The van der Waals surface area contributed by atoms with Gasteiger partial charge in [-0.15, -0.1) is 0 Å². The van der Waals surface area contributed by atoms with Gasteiger partial charge in [0.15, 0.2) is 5.13 Å². The zero-order valence-electron chi connectivity index (χ0n) is 9.11. The predicted octanol–water partition coefficient (Wildman–Crippen LogP) is 1.75. The highest BCUT2D eigenvalue weighted by Gasteiger charge is 2.12. The van der Waals surface area contributed by atoms with Gasteiger partial charge in [0.1, 0.15) is 6.20 Å². The molecule has 0 saturated carbocycles. The van der Waals surface area contributed by atoms with Crippen LogP contribution < -0.4 is 5.32 Å². The van der Waals surface area contributed by atoms with Crippen LogP contribution in [0.15, 0.2) is 24.9 Å². The maximum absolute atomic E-state index is 10.5. The van der Waals surface area contributed by atoms with Gasteiger partial charge in [0.05, 0.1) is 11.3 Å². The summed E-state index contributed by atoms with van der Waals surface area (Å²) < 4.78 is 1.93. The van der Waals surface area contributed by atoms with Crippen LogP contribution in [-0.4, -0.2) is 25.5 Å². The molecule has 2 rings (SSSR count). The number of nitrogens with zero attached hydrogens (tertiary/aromatic N) is 4. The maximum atomic E-state index is 10.5. The van der Waals surface area contributed by atoms with Gasteiger partial charge >= 0.3 is 5.00 Å². The summed E-state index contributed by atoms with van der Waals surface area (Å²) in [6.45, 7) is 2.71. The number of anilines is 1. The normalized spacial score (nSPS) is 12.3. The Balaban J connectivity index is 1.93. The number of thiazole rings is 1. The second kappa shape index (κ2) is 4.91. The van der Waals surface area contributed by atoms with Crippen molar-refractivity contribution in [1.29, 1.82) is 0 Å². The van der Waals surface area contributed by atoms with Crippen LogP contribution in [-0.2, 0) is 6.54 Å². The molecule has 0 aromatic carbocycles. The van der Waals surface area contributed by atoms with E-state index in [1.54, 1.807) is 12.5 Å². The minimum atomic E-state index is -0.441. The number of imidazole rings is 1. The summed E-state index contributed by atoms with van der Waals surface area (Å²) >= 11 is 1.04. The van der Waals surface area contributed by atoms with Crippen LogP contribution in [0.25, 0.3) is 0 Å². The average Bonchev–Trinajstić information content (AvgIpc) is 2.88. The molecule has 0 aliphatic carbocycles. The van der Waals surface area contributed by atoms with E-state index in [4.69, 9.17) is 0 Å². The summed E-state index contributed by atoms with van der Waals surface area (Å²) in [7, 11) is 0. The van der Waals surface area contributed by atoms with Gasteiger partial charge in [-0.25, -0.2) is 9.97 Å². The highest BCUT2D eigenvalue weighted by Crippen LogP contribution is 2.25. The minimum Gasteiger partial charge on any atom is -0.357 e. The molecule has 0 amide bonds. The van der Waals surface area contributed by atoms with Gasteiger partial charge in [0.2, 0.25) is 0 Å². The molecule has 2 aromatic rings. The molecule has 17 heavy (non-hydrogen) atoms. The Morgan fingerprint density at radius 1 is 1.71 bits per heavy atom. The lowest BCUT2D eigenvalue weighted by Crippen LogP contribution is -2.21. The second-order valence-electron chi connectivity index (χ2n) is 3.57. The highest BCUT2D eigenvalue weighted by molar-refractivity contribution is 7.18. The summed E-state index contributed by atoms with van der Waals surface area (Å²) in [6, 6.07) is 0.120. The molecule has 2 aromatic heterocycles. The van der Waals surface area contributed by atoms with E-state index in [0.29, 0.717) is 5.13 Å². The first-order valence-corrected chi connectivity index (χ1v) is 5.79. The van der Waals surface area contributed by atoms with Gasteiger partial charge in [-0.05, 0) is 18.3 Å². The molecule has 0 radical (unpaired) electrons. The molecule has 1 N–H and O–H groups in total. The Kier molecular flexibility index (Phi) is 3.33. The monoisotopic (exact) mass is 253 g/mol. The third-order valence-electron chi connectivity index (χ3n) is 2.09. The van der Waals surface area contributed by atoms with Crippen molar-refractivity contribution in [2.24, 2.45) is 0 Å². The summed E-state index contributed by atoms with van der Waals surface area (Å²) in [5, 5.41) is 14.2. The van der Waals surface area contributed by atoms with E-state index in [9.17, 15) is 10.1 Å². The number of nitrogens with one attached hydrogen (secondary N) is 1. The van der Waals surface area contributed by atoms with E-state index in [1.807, 2.05) is 17.7 Å². The molecule has 7 nitrogen and oxygen atoms in total. The lowest BCUT2D eigenvalue weighted by molar-refractivity contribution is -0.380. The van der Waals surface area contributed by atoms with Crippen LogP contribution >= 0.6 is 11.3 Å². The lowest BCUT2D eigenvalue weighted by Gasteiger charge is -2.12. The molecule has 0 bridgehead atoms. The number of aromatic nitrogens is 3. The average molecular weight is 253 g/mol. The van der Waals surface area contributed by atoms with Crippen molar-refractivity contribution < 1.29 is 4.92 Å². The molecule has 2 heterocycles. The van der Waals surface area contributed by atoms with Gasteiger partial charge in [-0.2, -0.15) is 0 Å². The lowest BCUT2D eigenvalue weighted by atomic mass is 10.3. The molecular weight excluding hydrogens is 242 g/mol. The molecule has 0 aliphatic rings. The second-order valence-corrected chi connectivity index (χ2v) is 4.57. The third-order valence-corrected chi connectivity index (χ3v) is 2.97. The van der Waals surface area contributed by atoms with Crippen LogP contribution in [0.5, 0.6) is 0 Å². The Labute approximate surface area is 101 Å². The van der Waals surface area contributed by atoms with E-state index >= 15 is 0 Å². The molecule has 0 aliphatic heterocycles. The molecule has 8 heteroatoms. The van der Waals surface area contributed by atoms with Crippen molar-refractivity contribution in [3.05, 3.63) is 35.0 Å². The number of hydrogen-bond acceptors (Lipinski definition) is 6. The van der Waals surface area contributed by atoms with Gasteiger partial charge in [0, 0.05) is 25.0 Å². The van der Waals surface area contributed by atoms with E-state index in [1.165, 1.54) is 6.20 Å². The van der Waals surface area contributed by atoms with Crippen LogP contribution in [0, 0.1) is 10.1 Å². The molecule has 90 valence electrons. The largest absolute Gasteiger partial charge is 0.357 e. The number of nitro groups is 1. The fraction of sp³-hybridized carbons (Fsp3) is 0.333. The first kappa shape index (κ1) is 11.5. The van der Waals surface area contributed by atoms with E-state index in [0.717, 1.165) is 17.9 Å². The van der Waals surface area contributed by atoms with Gasteiger partial charge < -0.3 is 9.88 Å². The fourth-order valence-corrected chi connectivity index (χ4v) is 2.13. The van der Waals surface area contributed by atoms with E-state index in [-0.39, 0.29) is 11.0 Å². The van der Waals surface area contributed by atoms with Crippen LogP contribution in [0.2, 0.25) is 0 Å². The Bertz CT molecular complexity index is 495. The summed E-state index contributed by atoms with van der Waals surface area (Å²) in [6.07, 6.45) is 6.56. The van der Waals surface area contributed by atoms with Crippen LogP contribution in [0.4, 0.5) is 10.1 Å². The maximum Gasteiger partial charge on any atom is 0.345 e. The quantitative estimate of drug-likeness (QED) is 0.648. The first-order valence-electron chi connectivity index (χ1n) is 4.97. The third kappa shape index (κ3) is 3.00.